The highest BCUT2D eigenvalue weighted by Crippen LogP contribution is 2.53. The topological polar surface area (TPSA) is 135 Å². The molecule has 0 aliphatic carbocycles. The van der Waals surface area contributed by atoms with Crippen LogP contribution in [-0.4, -0.2) is 47.1 Å². The van der Waals surface area contributed by atoms with Crippen LogP contribution in [0.25, 0.3) is 0 Å². The highest BCUT2D eigenvalue weighted by atomic mass is 32.2. The summed E-state index contributed by atoms with van der Waals surface area (Å²) in [7, 11) is 0. The van der Waals surface area contributed by atoms with Gasteiger partial charge in [0.2, 0.25) is 11.8 Å². The average Bonchev–Trinajstić information content (AvgIpc) is 3.50. The number of nitrogens with zero attached hydrogens (tertiary/aromatic N) is 1. The summed E-state index contributed by atoms with van der Waals surface area (Å²) >= 11 is 2.18. The minimum Gasteiger partial charge on any atom is -0.484 e. The second kappa shape index (κ2) is 12.1. The summed E-state index contributed by atoms with van der Waals surface area (Å²) in [5, 5.41) is 2.58. The lowest BCUT2D eigenvalue weighted by Gasteiger charge is -2.30. The molecular weight excluding hydrogens is 603 g/mol. The Morgan fingerprint density at radius 1 is 0.977 bits per heavy atom. The fourth-order valence-electron chi connectivity index (χ4n) is 5.46. The first-order valence-corrected chi connectivity index (χ1v) is 15.6. The van der Waals surface area contributed by atoms with Crippen LogP contribution in [0.15, 0.2) is 82.6 Å². The molecule has 3 atom stereocenters. The van der Waals surface area contributed by atoms with Crippen molar-refractivity contribution >= 4 is 58.2 Å². The maximum Gasteiger partial charge on any atom is 0.338 e. The lowest BCUT2D eigenvalue weighted by Crippen LogP contribution is -2.32. The number of hydrogen-bond donors (Lipinski definition) is 2. The van der Waals surface area contributed by atoms with Gasteiger partial charge in [-0.3, -0.25) is 19.2 Å². The number of H-pyrrole nitrogens is 1. The minimum absolute atomic E-state index is 0.227. The smallest absolute Gasteiger partial charge is 0.338 e. The molecule has 3 unspecified atom stereocenters. The molecule has 4 aromatic rings. The van der Waals surface area contributed by atoms with E-state index >= 15 is 0 Å². The van der Waals surface area contributed by atoms with Crippen molar-refractivity contribution in [3.63, 3.8) is 0 Å². The Morgan fingerprint density at radius 3 is 2.50 bits per heavy atom. The molecule has 224 valence electrons. The molecule has 1 saturated heterocycles. The third-order valence-electron chi connectivity index (χ3n) is 7.35. The summed E-state index contributed by atoms with van der Waals surface area (Å²) in [6.45, 7) is 3.63. The van der Waals surface area contributed by atoms with Crippen LogP contribution in [-0.2, 0) is 19.1 Å². The van der Waals surface area contributed by atoms with Crippen LogP contribution in [0.2, 0.25) is 0 Å². The van der Waals surface area contributed by atoms with Gasteiger partial charge in [-0.15, -0.1) is 0 Å². The fraction of sp³-hybridized carbons (Fsp3) is 0.219. The Kier molecular flexibility index (Phi) is 8.11. The van der Waals surface area contributed by atoms with Crippen molar-refractivity contribution in [2.45, 2.75) is 30.0 Å². The maximum absolute atomic E-state index is 14.0. The summed E-state index contributed by atoms with van der Waals surface area (Å²) in [6, 6.07) is 20.6. The van der Waals surface area contributed by atoms with Crippen LogP contribution in [0, 0.1) is 12.8 Å². The number of nitrogens with one attached hydrogen (secondary N) is 2. The van der Waals surface area contributed by atoms with E-state index in [4.69, 9.17) is 9.47 Å². The molecule has 10 nitrogen and oxygen atoms in total. The third kappa shape index (κ3) is 5.65. The Bertz CT molecular complexity index is 1830. The van der Waals surface area contributed by atoms with Crippen LogP contribution in [0.3, 0.4) is 0 Å². The number of fused-ring (bicyclic) bond motifs is 2. The van der Waals surface area contributed by atoms with E-state index in [1.165, 1.54) is 23.9 Å². The molecule has 0 saturated carbocycles. The Morgan fingerprint density at radius 2 is 1.75 bits per heavy atom. The first-order valence-electron chi connectivity index (χ1n) is 13.9. The predicted octanol–water partition coefficient (Wildman–Crippen LogP) is 4.73. The van der Waals surface area contributed by atoms with E-state index in [2.05, 4.69) is 10.3 Å². The Labute approximate surface area is 260 Å². The molecule has 0 spiro atoms. The Hall–Kier alpha value is -4.68. The van der Waals surface area contributed by atoms with Gasteiger partial charge < -0.3 is 19.8 Å². The number of amides is 3. The van der Waals surface area contributed by atoms with Gasteiger partial charge in [0.25, 0.3) is 5.91 Å². The first-order chi connectivity index (χ1) is 21.2. The molecule has 3 aromatic carbocycles. The number of carbonyl (C=O) groups excluding carboxylic acids is 4. The van der Waals surface area contributed by atoms with E-state index in [0.717, 1.165) is 21.8 Å². The third-order valence-corrected chi connectivity index (χ3v) is 9.75. The SMILES string of the molecule is CCOC(=O)c1ccc(N2C(=O)C3Sc4[nH]c(=O)sc4C(c4cccc(OCC(=O)Nc5cccc(C)c5)c4)C3C2=O)cc1. The van der Waals surface area contributed by atoms with Gasteiger partial charge in [0, 0.05) is 16.5 Å². The van der Waals surface area contributed by atoms with Crippen LogP contribution in [0.4, 0.5) is 11.4 Å². The quantitative estimate of drug-likeness (QED) is 0.211. The van der Waals surface area contributed by atoms with E-state index < -0.39 is 34.9 Å². The van der Waals surface area contributed by atoms with E-state index in [0.29, 0.717) is 38.2 Å². The first kappa shape index (κ1) is 29.4. The van der Waals surface area contributed by atoms with Crippen LogP contribution >= 0.6 is 23.1 Å². The molecule has 2 N–H and O–H groups in total. The summed E-state index contributed by atoms with van der Waals surface area (Å²) in [5.74, 6) is -2.63. The maximum atomic E-state index is 14.0. The van der Waals surface area contributed by atoms with Crippen molar-refractivity contribution in [2.75, 3.05) is 23.4 Å². The molecule has 3 amide bonds. The molecule has 0 bridgehead atoms. The normalized spacial score (nSPS) is 18.9. The zero-order valence-corrected chi connectivity index (χ0v) is 25.3. The number of hydrogen-bond acceptors (Lipinski definition) is 9. The predicted molar refractivity (Wildman–Crippen MR) is 167 cm³/mol. The number of imide groups is 1. The number of rotatable bonds is 8. The zero-order chi connectivity index (χ0) is 31.0. The highest BCUT2D eigenvalue weighted by molar-refractivity contribution is 8.00. The molecule has 1 aromatic heterocycles. The second-order valence-electron chi connectivity index (χ2n) is 10.3. The summed E-state index contributed by atoms with van der Waals surface area (Å²) in [6.07, 6.45) is 0. The van der Waals surface area contributed by atoms with Crippen molar-refractivity contribution in [3.05, 3.63) is 104 Å². The molecule has 12 heteroatoms. The average molecular weight is 630 g/mol. The fourth-order valence-corrected chi connectivity index (χ4v) is 7.97. The van der Waals surface area contributed by atoms with Gasteiger partial charge in [-0.25, -0.2) is 9.69 Å². The number of esters is 1. The lowest BCUT2D eigenvalue weighted by molar-refractivity contribution is -0.122. The molecule has 1 fully saturated rings. The van der Waals surface area contributed by atoms with E-state index in [1.807, 2.05) is 31.2 Å². The Balaban J connectivity index is 1.27. The molecular formula is C32H27N3O7S2. The second-order valence-corrected chi connectivity index (χ2v) is 12.5. The lowest BCUT2D eigenvalue weighted by atomic mass is 9.83. The van der Waals surface area contributed by atoms with Crippen LogP contribution < -0.4 is 19.8 Å². The molecule has 2 aliphatic heterocycles. The van der Waals surface area contributed by atoms with Gasteiger partial charge in [-0.05, 0) is 73.5 Å². The van der Waals surface area contributed by atoms with Crippen molar-refractivity contribution < 1.29 is 28.7 Å². The number of aromatic nitrogens is 1. The van der Waals surface area contributed by atoms with Gasteiger partial charge in [0.1, 0.15) is 11.0 Å². The largest absolute Gasteiger partial charge is 0.484 e. The van der Waals surface area contributed by atoms with Crippen molar-refractivity contribution in [3.8, 4) is 5.75 Å². The number of anilines is 2. The number of thioether (sulfide) groups is 1. The van der Waals surface area contributed by atoms with Crippen molar-refractivity contribution in [1.29, 1.82) is 0 Å². The molecule has 6 rings (SSSR count). The van der Waals surface area contributed by atoms with Gasteiger partial charge in [0.15, 0.2) is 6.61 Å². The molecule has 44 heavy (non-hydrogen) atoms. The molecule has 2 aliphatic rings. The minimum atomic E-state index is -0.795. The van der Waals surface area contributed by atoms with Gasteiger partial charge >= 0.3 is 10.8 Å². The number of benzene rings is 3. The molecule has 0 radical (unpaired) electrons. The van der Waals surface area contributed by atoms with E-state index in [1.54, 1.807) is 43.3 Å². The van der Waals surface area contributed by atoms with Crippen LogP contribution in [0.5, 0.6) is 5.75 Å². The van der Waals surface area contributed by atoms with Gasteiger partial charge in [-0.2, -0.15) is 0 Å². The van der Waals surface area contributed by atoms with E-state index in [-0.39, 0.29) is 24.0 Å². The van der Waals surface area contributed by atoms with Crippen molar-refractivity contribution in [2.24, 2.45) is 5.92 Å². The monoisotopic (exact) mass is 629 g/mol. The standard InChI is InChI=1S/C32H27N3O7S2/c1-3-41-31(39)18-10-12-21(13-11-18)35-29(37)25-24(26-28(34-32(40)44-26)43-27(25)30(35)38)19-7-5-9-22(15-19)42-16-23(36)33-20-8-4-6-17(2)14-20/h4-15,24-25,27H,3,16H2,1-2H3,(H,33,36)(H,34,40). The number of aryl methyl sites for hydroxylation is 1. The number of aromatic amines is 1. The van der Waals surface area contributed by atoms with Gasteiger partial charge in [-0.1, -0.05) is 47.4 Å². The summed E-state index contributed by atoms with van der Waals surface area (Å²) < 4.78 is 10.8. The number of thiazole rings is 1. The molecule has 3 heterocycles. The zero-order valence-electron chi connectivity index (χ0n) is 23.7. The summed E-state index contributed by atoms with van der Waals surface area (Å²) in [4.78, 5) is 69.1. The number of carbonyl (C=O) groups is 4. The van der Waals surface area contributed by atoms with E-state index in [9.17, 15) is 24.0 Å². The summed E-state index contributed by atoms with van der Waals surface area (Å²) in [5.41, 5.74) is 3.00. The highest BCUT2D eigenvalue weighted by Gasteiger charge is 2.56. The van der Waals surface area contributed by atoms with Crippen LogP contribution in [0.1, 0.15) is 39.2 Å². The van der Waals surface area contributed by atoms with Gasteiger partial charge in [0.05, 0.1) is 28.8 Å². The van der Waals surface area contributed by atoms with Crippen molar-refractivity contribution in [1.82, 2.24) is 4.98 Å². The number of ether oxygens (including phenoxy) is 2.